The van der Waals surface area contributed by atoms with Gasteiger partial charge in [0.2, 0.25) is 0 Å². The average molecular weight is 485 g/mol. The maximum absolute atomic E-state index is 13.0. The van der Waals surface area contributed by atoms with Crippen molar-refractivity contribution < 1.29 is 4.39 Å². The number of aliphatic imine (C=N–C) groups is 1. The van der Waals surface area contributed by atoms with Crippen LogP contribution >= 0.6 is 24.0 Å². The van der Waals surface area contributed by atoms with Crippen LogP contribution in [-0.2, 0) is 13.1 Å². The van der Waals surface area contributed by atoms with Gasteiger partial charge in [-0.2, -0.15) is 0 Å². The van der Waals surface area contributed by atoms with Crippen molar-refractivity contribution in [1.29, 1.82) is 0 Å². The first-order chi connectivity index (χ1) is 12.6. The van der Waals surface area contributed by atoms with E-state index in [1.54, 1.807) is 29.0 Å². The Morgan fingerprint density at radius 2 is 1.81 bits per heavy atom. The Labute approximate surface area is 175 Å². The van der Waals surface area contributed by atoms with E-state index in [0.717, 1.165) is 31.9 Å². The van der Waals surface area contributed by atoms with Crippen LogP contribution in [0.2, 0.25) is 0 Å². The Kier molecular flexibility index (Phi) is 7.64. The quantitative estimate of drug-likeness (QED) is 0.410. The Bertz CT molecular complexity index is 829. The lowest BCUT2D eigenvalue weighted by Gasteiger charge is -2.36. The summed E-state index contributed by atoms with van der Waals surface area (Å²) < 4.78 is 14.7. The third-order valence-corrected chi connectivity index (χ3v) is 4.65. The number of benzene rings is 1. The Hall–Kier alpha value is -2.10. The van der Waals surface area contributed by atoms with Gasteiger partial charge in [0, 0.05) is 50.2 Å². The van der Waals surface area contributed by atoms with Crippen LogP contribution in [0.5, 0.6) is 0 Å². The summed E-state index contributed by atoms with van der Waals surface area (Å²) in [6.07, 6.45) is 1.77. The van der Waals surface area contributed by atoms with Gasteiger partial charge in [0.25, 0.3) is 5.56 Å². The Balaban J connectivity index is 0.00000261. The molecule has 1 aliphatic rings. The van der Waals surface area contributed by atoms with Gasteiger partial charge < -0.3 is 20.1 Å². The molecule has 0 amide bonds. The van der Waals surface area contributed by atoms with E-state index in [1.807, 2.05) is 17.9 Å². The van der Waals surface area contributed by atoms with Gasteiger partial charge in [0.1, 0.15) is 5.82 Å². The fourth-order valence-electron chi connectivity index (χ4n) is 3.07. The fraction of sp³-hybridized carbons (Fsp3) is 0.368. The highest BCUT2D eigenvalue weighted by Gasteiger charge is 2.18. The molecule has 0 spiro atoms. The van der Waals surface area contributed by atoms with Crippen LogP contribution in [0, 0.1) is 5.82 Å². The topological polar surface area (TPSA) is 66.9 Å². The predicted octanol–water partition coefficient (Wildman–Crippen LogP) is 2.26. The van der Waals surface area contributed by atoms with Gasteiger partial charge in [-0.05, 0) is 37.3 Å². The minimum Gasteiger partial charge on any atom is -0.370 e. The molecule has 0 saturated carbocycles. The van der Waals surface area contributed by atoms with E-state index in [1.165, 1.54) is 12.1 Å². The summed E-state index contributed by atoms with van der Waals surface area (Å²) in [5, 5.41) is 0. The van der Waals surface area contributed by atoms with Gasteiger partial charge in [-0.1, -0.05) is 6.07 Å². The molecule has 1 aliphatic heterocycles. The summed E-state index contributed by atoms with van der Waals surface area (Å²) in [6, 6.07) is 10.2. The van der Waals surface area contributed by atoms with Crippen LogP contribution in [0.25, 0.3) is 0 Å². The molecule has 27 heavy (non-hydrogen) atoms. The van der Waals surface area contributed by atoms with Gasteiger partial charge in [-0.15, -0.1) is 24.0 Å². The van der Waals surface area contributed by atoms with E-state index in [-0.39, 0.29) is 41.9 Å². The third-order valence-electron chi connectivity index (χ3n) is 4.65. The predicted molar refractivity (Wildman–Crippen MR) is 117 cm³/mol. The zero-order valence-corrected chi connectivity index (χ0v) is 17.7. The molecule has 0 aliphatic carbocycles. The maximum atomic E-state index is 13.0. The number of aromatic nitrogens is 1. The van der Waals surface area contributed by atoms with Crippen molar-refractivity contribution in [2.45, 2.75) is 20.0 Å². The molecular weight excluding hydrogens is 460 g/mol. The highest BCUT2D eigenvalue weighted by atomic mass is 127. The summed E-state index contributed by atoms with van der Waals surface area (Å²) in [5.74, 6) is 0.224. The lowest BCUT2D eigenvalue weighted by Crippen LogP contribution is -2.51. The molecular formula is C19H25FIN5O. The summed E-state index contributed by atoms with van der Waals surface area (Å²) in [5.41, 5.74) is 7.75. The van der Waals surface area contributed by atoms with Crippen molar-refractivity contribution in [3.05, 3.63) is 64.3 Å². The minimum atomic E-state index is -0.230. The van der Waals surface area contributed by atoms with Crippen LogP contribution in [0.15, 0.2) is 52.4 Å². The second-order valence-electron chi connectivity index (χ2n) is 6.25. The normalized spacial score (nSPS) is 14.8. The number of halogens is 2. The number of pyridine rings is 1. The number of guanidine groups is 1. The highest BCUT2D eigenvalue weighted by Crippen LogP contribution is 2.16. The fourth-order valence-corrected chi connectivity index (χ4v) is 3.07. The number of anilines is 1. The SMILES string of the molecule is CCn1cccc(CN=C(N)N2CCN(c3ccc(F)cc3)CC2)c1=O.I. The first-order valence-electron chi connectivity index (χ1n) is 8.82. The standard InChI is InChI=1S/C19H24FN5O.HI/c1-2-23-9-3-4-15(18(23)26)14-22-19(21)25-12-10-24(11-13-25)17-7-5-16(20)6-8-17;/h3-9H,2,10-14H2,1H3,(H2,21,22);1H. The number of piperazine rings is 1. The van der Waals surface area contributed by atoms with Gasteiger partial charge >= 0.3 is 0 Å². The first kappa shape index (κ1) is 21.2. The molecule has 1 aromatic carbocycles. The molecule has 2 N–H and O–H groups in total. The molecule has 0 unspecified atom stereocenters. The average Bonchev–Trinajstić information content (AvgIpc) is 2.68. The lowest BCUT2D eigenvalue weighted by molar-refractivity contribution is 0.380. The molecule has 1 saturated heterocycles. The van der Waals surface area contributed by atoms with Crippen LogP contribution in [0.4, 0.5) is 10.1 Å². The highest BCUT2D eigenvalue weighted by molar-refractivity contribution is 14.0. The molecule has 0 radical (unpaired) electrons. The van der Waals surface area contributed by atoms with Crippen molar-refractivity contribution in [1.82, 2.24) is 9.47 Å². The number of hydrogen-bond donors (Lipinski definition) is 1. The third kappa shape index (κ3) is 5.21. The molecule has 146 valence electrons. The molecule has 0 bridgehead atoms. The van der Waals surface area contributed by atoms with Crippen molar-refractivity contribution in [3.8, 4) is 0 Å². The van der Waals surface area contributed by atoms with E-state index in [0.29, 0.717) is 18.1 Å². The summed E-state index contributed by atoms with van der Waals surface area (Å²) in [4.78, 5) is 20.8. The molecule has 6 nitrogen and oxygen atoms in total. The monoisotopic (exact) mass is 485 g/mol. The van der Waals surface area contributed by atoms with Crippen molar-refractivity contribution in [3.63, 3.8) is 0 Å². The smallest absolute Gasteiger partial charge is 0.255 e. The van der Waals surface area contributed by atoms with E-state index in [4.69, 9.17) is 5.73 Å². The Morgan fingerprint density at radius 1 is 1.15 bits per heavy atom. The summed E-state index contributed by atoms with van der Waals surface area (Å²) in [7, 11) is 0. The molecule has 2 aromatic rings. The van der Waals surface area contributed by atoms with Crippen molar-refractivity contribution in [2.24, 2.45) is 10.7 Å². The summed E-state index contributed by atoms with van der Waals surface area (Å²) >= 11 is 0. The van der Waals surface area contributed by atoms with Gasteiger partial charge in [0.05, 0.1) is 6.54 Å². The van der Waals surface area contributed by atoms with Crippen LogP contribution < -0.4 is 16.2 Å². The molecule has 0 atom stereocenters. The molecule has 1 aromatic heterocycles. The summed E-state index contributed by atoms with van der Waals surface area (Å²) in [6.45, 7) is 5.90. The van der Waals surface area contributed by atoms with Gasteiger partial charge in [-0.25, -0.2) is 9.38 Å². The van der Waals surface area contributed by atoms with E-state index in [2.05, 4.69) is 9.89 Å². The Morgan fingerprint density at radius 3 is 2.44 bits per heavy atom. The molecule has 8 heteroatoms. The zero-order chi connectivity index (χ0) is 18.5. The van der Waals surface area contributed by atoms with E-state index in [9.17, 15) is 9.18 Å². The number of aryl methyl sites for hydroxylation is 1. The lowest BCUT2D eigenvalue weighted by atomic mass is 10.2. The van der Waals surface area contributed by atoms with Crippen LogP contribution in [0.1, 0.15) is 12.5 Å². The zero-order valence-electron chi connectivity index (χ0n) is 15.3. The van der Waals surface area contributed by atoms with Crippen molar-refractivity contribution >= 4 is 35.6 Å². The number of nitrogens with zero attached hydrogens (tertiary/aromatic N) is 4. The second kappa shape index (κ2) is 9.72. The molecule has 2 heterocycles. The maximum Gasteiger partial charge on any atom is 0.255 e. The van der Waals surface area contributed by atoms with Crippen LogP contribution in [-0.4, -0.2) is 41.6 Å². The molecule has 3 rings (SSSR count). The van der Waals surface area contributed by atoms with Crippen molar-refractivity contribution in [2.75, 3.05) is 31.1 Å². The first-order valence-corrected chi connectivity index (χ1v) is 8.82. The van der Waals surface area contributed by atoms with Gasteiger partial charge in [-0.3, -0.25) is 4.79 Å². The van der Waals surface area contributed by atoms with E-state index < -0.39 is 0 Å². The van der Waals surface area contributed by atoms with Gasteiger partial charge in [0.15, 0.2) is 5.96 Å². The van der Waals surface area contributed by atoms with E-state index >= 15 is 0 Å². The number of nitrogens with two attached hydrogens (primary N) is 1. The number of hydrogen-bond acceptors (Lipinski definition) is 3. The number of rotatable bonds is 4. The largest absolute Gasteiger partial charge is 0.370 e. The minimum absolute atomic E-state index is 0. The van der Waals surface area contributed by atoms with Crippen LogP contribution in [0.3, 0.4) is 0 Å². The second-order valence-corrected chi connectivity index (χ2v) is 6.25. The molecule has 1 fully saturated rings.